The van der Waals surface area contributed by atoms with Crippen molar-refractivity contribution in [1.29, 1.82) is 0 Å². The fourth-order valence-electron chi connectivity index (χ4n) is 11.8. The van der Waals surface area contributed by atoms with Gasteiger partial charge in [0.05, 0.1) is 24.6 Å². The third-order valence-corrected chi connectivity index (χ3v) is 21.8. The van der Waals surface area contributed by atoms with E-state index in [2.05, 4.69) is 27.7 Å². The van der Waals surface area contributed by atoms with Gasteiger partial charge in [0.25, 0.3) is 0 Å². The summed E-state index contributed by atoms with van der Waals surface area (Å²) in [5, 5.41) is 0. The third-order valence-electron chi connectivity index (χ3n) is 16.7. The van der Waals surface area contributed by atoms with E-state index < -0.39 is 7.26 Å². The maximum atomic E-state index is 2.34. The molecule has 0 rings (SSSR count). The summed E-state index contributed by atoms with van der Waals surface area (Å²) in [6, 6.07) is 0. The molecule has 0 aromatic carbocycles. The highest BCUT2D eigenvalue weighted by atomic mass is 31.2. The van der Waals surface area contributed by atoms with Gasteiger partial charge in [0.15, 0.2) is 0 Å². The van der Waals surface area contributed by atoms with E-state index in [-0.39, 0.29) is 0 Å². The zero-order valence-corrected chi connectivity index (χ0v) is 49.9. The monoisotopic (exact) mass is 974 g/mol. The number of rotatable bonds is 63. The second-order valence-electron chi connectivity index (χ2n) is 23.7. The van der Waals surface area contributed by atoms with Crippen LogP contribution in [0.1, 0.15) is 407 Å². The highest BCUT2D eigenvalue weighted by Crippen LogP contribution is 2.61. The fourth-order valence-corrected chi connectivity index (χ4v) is 16.7. The molecule has 0 saturated carbocycles. The molecule has 0 aliphatic heterocycles. The molecule has 68 heavy (non-hydrogen) atoms. The SMILES string of the molecule is CCCCCCCCCCCCCCCCCCC[P+](CCCCCCCCCCCCCCCC)(CCCCCCCCCCCCCCCC)CCCCCCCCCCCCCCCC. The fraction of sp³-hybridized carbons (Fsp3) is 1.00. The van der Waals surface area contributed by atoms with Crippen LogP contribution in [0.5, 0.6) is 0 Å². The second kappa shape index (κ2) is 61.7. The lowest BCUT2D eigenvalue weighted by Gasteiger charge is -2.28. The van der Waals surface area contributed by atoms with Gasteiger partial charge in [-0.3, -0.25) is 0 Å². The molecule has 0 aromatic heterocycles. The molecule has 0 spiro atoms. The molecule has 0 unspecified atom stereocenters. The van der Waals surface area contributed by atoms with E-state index in [0.717, 1.165) is 0 Å². The normalized spacial score (nSPS) is 12.0. The van der Waals surface area contributed by atoms with Crippen molar-refractivity contribution in [3.8, 4) is 0 Å². The number of hydrogen-bond acceptors (Lipinski definition) is 0. The minimum absolute atomic E-state index is 0.839. The van der Waals surface area contributed by atoms with Gasteiger partial charge in [-0.25, -0.2) is 0 Å². The zero-order chi connectivity index (χ0) is 49.0. The van der Waals surface area contributed by atoms with Crippen molar-refractivity contribution in [1.82, 2.24) is 0 Å². The van der Waals surface area contributed by atoms with E-state index >= 15 is 0 Å². The molecule has 0 radical (unpaired) electrons. The molecule has 0 N–H and O–H groups in total. The zero-order valence-electron chi connectivity index (χ0n) is 49.0. The Morgan fingerprint density at radius 2 is 0.206 bits per heavy atom. The average molecular weight is 975 g/mol. The average Bonchev–Trinajstić information content (AvgIpc) is 3.35. The Labute approximate surface area is 436 Å². The van der Waals surface area contributed by atoms with Crippen molar-refractivity contribution in [2.24, 2.45) is 0 Å². The second-order valence-corrected chi connectivity index (χ2v) is 28.2. The summed E-state index contributed by atoms with van der Waals surface area (Å²) in [5.41, 5.74) is 0. The molecule has 0 fully saturated rings. The molecule has 0 amide bonds. The topological polar surface area (TPSA) is 0 Å². The van der Waals surface area contributed by atoms with Crippen LogP contribution in [0.15, 0.2) is 0 Å². The predicted octanol–water partition coefficient (Wildman–Crippen LogP) is 26.1. The van der Waals surface area contributed by atoms with E-state index in [1.54, 1.807) is 50.3 Å². The summed E-state index contributed by atoms with van der Waals surface area (Å²) in [6.07, 6.45) is 94.8. The minimum atomic E-state index is -0.839. The van der Waals surface area contributed by atoms with E-state index in [9.17, 15) is 0 Å². The highest BCUT2D eigenvalue weighted by molar-refractivity contribution is 7.75. The van der Waals surface area contributed by atoms with Crippen LogP contribution in [0.3, 0.4) is 0 Å². The summed E-state index contributed by atoms with van der Waals surface area (Å²) >= 11 is 0. The molecule has 1 heteroatoms. The van der Waals surface area contributed by atoms with Crippen LogP contribution in [-0.2, 0) is 0 Å². The smallest absolute Gasteiger partial charge is 0.0594 e. The van der Waals surface area contributed by atoms with Gasteiger partial charge in [0.2, 0.25) is 0 Å². The molecule has 0 aliphatic carbocycles. The molecular formula is C67H138P+. The lowest BCUT2D eigenvalue weighted by molar-refractivity contribution is 0.529. The first-order chi connectivity index (χ1) is 33.7. The lowest BCUT2D eigenvalue weighted by Crippen LogP contribution is -2.13. The standard InChI is InChI=1S/C67H138P/c1-5-9-13-17-21-25-29-33-37-38-39-43-47-51-55-59-63-67-68(64-60-56-52-48-44-40-34-30-26-22-18-14-10-6-2,65-61-57-53-49-45-41-35-31-27-23-19-15-11-7-3)66-62-58-54-50-46-42-36-32-28-24-20-16-12-8-4/h5-67H2,1-4H3/q+1. The van der Waals surface area contributed by atoms with Crippen LogP contribution in [0, 0.1) is 0 Å². The molecule has 0 atom stereocenters. The summed E-state index contributed by atoms with van der Waals surface area (Å²) in [7, 11) is -0.839. The van der Waals surface area contributed by atoms with Gasteiger partial charge in [-0.15, -0.1) is 0 Å². The summed E-state index contributed by atoms with van der Waals surface area (Å²) in [4.78, 5) is 0. The predicted molar refractivity (Wildman–Crippen MR) is 321 cm³/mol. The Balaban J connectivity index is 4.93. The molecule has 0 nitrogen and oxygen atoms in total. The van der Waals surface area contributed by atoms with E-state index in [4.69, 9.17) is 0 Å². The van der Waals surface area contributed by atoms with Gasteiger partial charge in [-0.05, 0) is 51.4 Å². The molecule has 0 aromatic rings. The van der Waals surface area contributed by atoms with Gasteiger partial charge < -0.3 is 0 Å². The lowest BCUT2D eigenvalue weighted by atomic mass is 10.0. The molecule has 0 saturated heterocycles. The van der Waals surface area contributed by atoms with Crippen molar-refractivity contribution >= 4 is 7.26 Å². The van der Waals surface area contributed by atoms with E-state index in [1.165, 1.54) is 353 Å². The van der Waals surface area contributed by atoms with E-state index in [1.807, 2.05) is 0 Å². The first-order valence-electron chi connectivity index (χ1n) is 33.6. The Bertz CT molecular complexity index is 770. The Morgan fingerprint density at radius 3 is 0.309 bits per heavy atom. The highest BCUT2D eigenvalue weighted by Gasteiger charge is 2.35. The number of hydrogen-bond donors (Lipinski definition) is 0. The quantitative estimate of drug-likeness (QED) is 0.0421. The van der Waals surface area contributed by atoms with Crippen molar-refractivity contribution in [3.63, 3.8) is 0 Å². The van der Waals surface area contributed by atoms with Crippen molar-refractivity contribution in [2.75, 3.05) is 24.6 Å². The van der Waals surface area contributed by atoms with Crippen LogP contribution in [0.25, 0.3) is 0 Å². The Kier molecular flexibility index (Phi) is 62.1. The third kappa shape index (κ3) is 55.7. The van der Waals surface area contributed by atoms with Gasteiger partial charge in [0.1, 0.15) is 0 Å². The maximum Gasteiger partial charge on any atom is 0.0594 e. The first kappa shape index (κ1) is 68.4. The molecule has 0 bridgehead atoms. The van der Waals surface area contributed by atoms with Crippen LogP contribution in [0.4, 0.5) is 0 Å². The molecule has 410 valence electrons. The summed E-state index contributed by atoms with van der Waals surface area (Å²) < 4.78 is 0. The van der Waals surface area contributed by atoms with Crippen LogP contribution < -0.4 is 0 Å². The van der Waals surface area contributed by atoms with Crippen LogP contribution >= 0.6 is 7.26 Å². The van der Waals surface area contributed by atoms with Crippen molar-refractivity contribution in [3.05, 3.63) is 0 Å². The van der Waals surface area contributed by atoms with Crippen LogP contribution in [0.2, 0.25) is 0 Å². The van der Waals surface area contributed by atoms with Gasteiger partial charge in [0, 0.05) is 7.26 Å². The van der Waals surface area contributed by atoms with Crippen LogP contribution in [-0.4, -0.2) is 24.6 Å². The van der Waals surface area contributed by atoms with Gasteiger partial charge in [-0.2, -0.15) is 0 Å². The van der Waals surface area contributed by atoms with E-state index in [0.29, 0.717) is 0 Å². The largest absolute Gasteiger partial charge is 0.0654 e. The summed E-state index contributed by atoms with van der Waals surface area (Å²) in [5.74, 6) is 0. The minimum Gasteiger partial charge on any atom is -0.0654 e. The van der Waals surface area contributed by atoms with Gasteiger partial charge in [-0.1, -0.05) is 355 Å². The Hall–Kier alpha value is 0.430. The number of unbranched alkanes of at least 4 members (excludes halogenated alkanes) is 55. The first-order valence-corrected chi connectivity index (χ1v) is 36.1. The summed E-state index contributed by atoms with van der Waals surface area (Å²) in [6.45, 7) is 9.34. The molecular weight excluding hydrogens is 836 g/mol. The molecule has 0 aliphatic rings. The maximum absolute atomic E-state index is 2.34. The molecule has 0 heterocycles. The van der Waals surface area contributed by atoms with Crippen molar-refractivity contribution < 1.29 is 0 Å². The Morgan fingerprint density at radius 1 is 0.118 bits per heavy atom. The van der Waals surface area contributed by atoms with Gasteiger partial charge >= 0.3 is 0 Å². The van der Waals surface area contributed by atoms with Crippen molar-refractivity contribution in [2.45, 2.75) is 407 Å².